The predicted molar refractivity (Wildman–Crippen MR) is 95.9 cm³/mol. The third-order valence-corrected chi connectivity index (χ3v) is 4.56. The Morgan fingerprint density at radius 3 is 2.75 bits per heavy atom. The van der Waals surface area contributed by atoms with Crippen molar-refractivity contribution in [2.75, 3.05) is 45.7 Å². The van der Waals surface area contributed by atoms with Crippen LogP contribution >= 0.6 is 0 Å². The first-order valence-corrected chi connectivity index (χ1v) is 8.44. The molecular formula is C18H29N3O3. The number of para-hydroxylation sites is 1. The van der Waals surface area contributed by atoms with E-state index >= 15 is 0 Å². The van der Waals surface area contributed by atoms with E-state index in [-0.39, 0.29) is 30.6 Å². The molecule has 0 radical (unpaired) electrons. The van der Waals surface area contributed by atoms with Crippen molar-refractivity contribution < 1.29 is 14.6 Å². The smallest absolute Gasteiger partial charge is 0.258 e. The van der Waals surface area contributed by atoms with E-state index in [1.54, 1.807) is 11.0 Å². The molecule has 6 nitrogen and oxygen atoms in total. The maximum absolute atomic E-state index is 13.1. The number of carbonyl (C=O) groups is 1. The summed E-state index contributed by atoms with van der Waals surface area (Å²) < 4.78 is 6.30. The number of hydrogen-bond acceptors (Lipinski definition) is 5. The third-order valence-electron chi connectivity index (χ3n) is 4.56. The number of carbonyl (C=O) groups excluding carboxylic acids is 1. The van der Waals surface area contributed by atoms with Gasteiger partial charge in [0.1, 0.15) is 6.10 Å². The van der Waals surface area contributed by atoms with Crippen molar-refractivity contribution in [1.29, 1.82) is 0 Å². The summed E-state index contributed by atoms with van der Waals surface area (Å²) in [5.74, 6) is 0.665. The van der Waals surface area contributed by atoms with E-state index in [1.807, 2.05) is 45.1 Å². The van der Waals surface area contributed by atoms with E-state index in [1.165, 1.54) is 0 Å². The highest BCUT2D eigenvalue weighted by atomic mass is 16.5. The molecule has 0 spiro atoms. The van der Waals surface area contributed by atoms with E-state index in [2.05, 4.69) is 12.2 Å². The predicted octanol–water partition coefficient (Wildman–Crippen LogP) is 1.19. The second-order valence-corrected chi connectivity index (χ2v) is 6.73. The van der Waals surface area contributed by atoms with E-state index in [4.69, 9.17) is 4.74 Å². The van der Waals surface area contributed by atoms with Crippen molar-refractivity contribution in [3.63, 3.8) is 0 Å². The molecule has 0 saturated carbocycles. The number of amides is 1. The fraction of sp³-hybridized carbons (Fsp3) is 0.611. The number of anilines is 1. The molecule has 3 atom stereocenters. The summed E-state index contributed by atoms with van der Waals surface area (Å²) in [5.41, 5.74) is 1.43. The molecule has 2 rings (SSSR count). The van der Waals surface area contributed by atoms with Crippen LogP contribution in [0.1, 0.15) is 24.2 Å². The lowest BCUT2D eigenvalue weighted by Gasteiger charge is -2.38. The summed E-state index contributed by atoms with van der Waals surface area (Å²) in [5, 5.41) is 12.7. The highest BCUT2D eigenvalue weighted by molar-refractivity contribution is 5.99. The van der Waals surface area contributed by atoms with Gasteiger partial charge in [-0.1, -0.05) is 13.0 Å². The second-order valence-electron chi connectivity index (χ2n) is 6.73. The summed E-state index contributed by atoms with van der Waals surface area (Å²) in [7, 11) is 5.77. The SMILES string of the molecule is CNC[C@H]1Oc2c(cccc2N(C)C)C(=O)N([C@H](C)CO)C[C@@H]1C. The summed E-state index contributed by atoms with van der Waals surface area (Å²) in [4.78, 5) is 16.8. The van der Waals surface area contributed by atoms with Gasteiger partial charge in [-0.15, -0.1) is 0 Å². The lowest BCUT2D eigenvalue weighted by atomic mass is 9.99. The average molecular weight is 335 g/mol. The largest absolute Gasteiger partial charge is 0.486 e. The van der Waals surface area contributed by atoms with Gasteiger partial charge in [-0.3, -0.25) is 4.79 Å². The zero-order valence-electron chi connectivity index (χ0n) is 15.2. The number of likely N-dealkylation sites (N-methyl/N-ethyl adjacent to an activating group) is 1. The van der Waals surface area contributed by atoms with E-state index in [0.717, 1.165) is 5.69 Å². The molecule has 6 heteroatoms. The van der Waals surface area contributed by atoms with Crippen LogP contribution in [0, 0.1) is 5.92 Å². The first kappa shape index (κ1) is 18.5. The van der Waals surface area contributed by atoms with Crippen molar-refractivity contribution in [2.24, 2.45) is 5.92 Å². The molecule has 0 bridgehead atoms. The summed E-state index contributed by atoms with van der Waals surface area (Å²) >= 11 is 0. The Balaban J connectivity index is 2.56. The Bertz CT molecular complexity index is 577. The first-order valence-electron chi connectivity index (χ1n) is 8.44. The number of aliphatic hydroxyl groups is 1. The van der Waals surface area contributed by atoms with Gasteiger partial charge in [-0.2, -0.15) is 0 Å². The quantitative estimate of drug-likeness (QED) is 0.846. The molecule has 1 aliphatic rings. The standard InChI is InChI=1S/C18H29N3O3/c1-12-10-21(13(2)11-22)18(23)14-7-6-8-15(20(4)5)17(14)24-16(12)9-19-3/h6-8,12-13,16,19,22H,9-11H2,1-5H3/t12-,13+,16+/m0/s1. The molecule has 1 aliphatic heterocycles. The van der Waals surface area contributed by atoms with Gasteiger partial charge >= 0.3 is 0 Å². The van der Waals surface area contributed by atoms with Crippen LogP contribution in [-0.2, 0) is 0 Å². The van der Waals surface area contributed by atoms with Crippen molar-refractivity contribution in [1.82, 2.24) is 10.2 Å². The molecule has 0 aliphatic carbocycles. The van der Waals surface area contributed by atoms with Gasteiger partial charge in [-0.25, -0.2) is 0 Å². The maximum Gasteiger partial charge on any atom is 0.258 e. The van der Waals surface area contributed by atoms with E-state index < -0.39 is 0 Å². The van der Waals surface area contributed by atoms with Crippen LogP contribution in [0.5, 0.6) is 5.75 Å². The van der Waals surface area contributed by atoms with E-state index in [9.17, 15) is 9.90 Å². The molecule has 2 N–H and O–H groups in total. The number of fused-ring (bicyclic) bond motifs is 1. The average Bonchev–Trinajstić information content (AvgIpc) is 2.56. The third kappa shape index (κ3) is 3.65. The highest BCUT2D eigenvalue weighted by Gasteiger charge is 2.33. The van der Waals surface area contributed by atoms with Crippen LogP contribution in [0.2, 0.25) is 0 Å². The van der Waals surface area contributed by atoms with Crippen LogP contribution < -0.4 is 15.0 Å². The van der Waals surface area contributed by atoms with Crippen LogP contribution in [-0.4, -0.2) is 68.9 Å². The molecule has 0 unspecified atom stereocenters. The number of nitrogens with zero attached hydrogens (tertiary/aromatic N) is 2. The number of nitrogens with one attached hydrogen (secondary N) is 1. The van der Waals surface area contributed by atoms with Crippen LogP contribution in [0.4, 0.5) is 5.69 Å². The highest BCUT2D eigenvalue weighted by Crippen LogP contribution is 2.35. The molecule has 0 aromatic heterocycles. The van der Waals surface area contributed by atoms with Crippen molar-refractivity contribution in [3.05, 3.63) is 23.8 Å². The fourth-order valence-corrected chi connectivity index (χ4v) is 3.02. The first-order chi connectivity index (χ1) is 11.4. The van der Waals surface area contributed by atoms with Crippen LogP contribution in [0.3, 0.4) is 0 Å². The minimum Gasteiger partial charge on any atom is -0.486 e. The number of hydrogen-bond donors (Lipinski definition) is 2. The van der Waals surface area contributed by atoms with Gasteiger partial charge in [0.15, 0.2) is 5.75 Å². The molecule has 24 heavy (non-hydrogen) atoms. The Morgan fingerprint density at radius 2 is 2.17 bits per heavy atom. The van der Waals surface area contributed by atoms with Crippen molar-refractivity contribution in [2.45, 2.75) is 26.0 Å². The molecular weight excluding hydrogens is 306 g/mol. The lowest BCUT2D eigenvalue weighted by molar-refractivity contribution is 0.0417. The molecule has 1 aromatic rings. The maximum atomic E-state index is 13.1. The monoisotopic (exact) mass is 335 g/mol. The number of ether oxygens (including phenoxy) is 1. The minimum atomic E-state index is -0.232. The molecule has 0 fully saturated rings. The zero-order chi connectivity index (χ0) is 17.9. The molecule has 0 saturated heterocycles. The van der Waals surface area contributed by atoms with Gasteiger partial charge in [0, 0.05) is 33.1 Å². The fourth-order valence-electron chi connectivity index (χ4n) is 3.02. The van der Waals surface area contributed by atoms with Crippen LogP contribution in [0.25, 0.3) is 0 Å². The summed E-state index contributed by atoms with van der Waals surface area (Å²) in [6, 6.07) is 5.39. The molecule has 1 amide bonds. The minimum absolute atomic E-state index is 0.0568. The van der Waals surface area contributed by atoms with Gasteiger partial charge in [0.25, 0.3) is 5.91 Å². The van der Waals surface area contributed by atoms with Gasteiger partial charge < -0.3 is 25.0 Å². The normalized spacial score (nSPS) is 22.2. The number of aliphatic hydroxyl groups excluding tert-OH is 1. The Morgan fingerprint density at radius 1 is 1.46 bits per heavy atom. The molecule has 134 valence electrons. The van der Waals surface area contributed by atoms with Gasteiger partial charge in [-0.05, 0) is 26.1 Å². The van der Waals surface area contributed by atoms with Gasteiger partial charge in [0.2, 0.25) is 0 Å². The second kappa shape index (κ2) is 7.85. The molecule has 1 aromatic carbocycles. The van der Waals surface area contributed by atoms with Crippen LogP contribution in [0.15, 0.2) is 18.2 Å². The number of benzene rings is 1. The number of rotatable bonds is 5. The topological polar surface area (TPSA) is 65.0 Å². The Labute approximate surface area is 144 Å². The van der Waals surface area contributed by atoms with Crippen molar-refractivity contribution >= 4 is 11.6 Å². The summed E-state index contributed by atoms with van der Waals surface area (Å²) in [6.07, 6.45) is -0.0589. The Kier molecular flexibility index (Phi) is 6.07. The zero-order valence-corrected chi connectivity index (χ0v) is 15.2. The van der Waals surface area contributed by atoms with E-state index in [0.29, 0.717) is 24.4 Å². The lowest BCUT2D eigenvalue weighted by Crippen LogP contribution is -2.49. The summed E-state index contributed by atoms with van der Waals surface area (Å²) in [6.45, 7) is 5.14. The van der Waals surface area contributed by atoms with Gasteiger partial charge in [0.05, 0.1) is 23.9 Å². The molecule has 1 heterocycles. The Hall–Kier alpha value is -1.79. The van der Waals surface area contributed by atoms with Crippen molar-refractivity contribution in [3.8, 4) is 5.75 Å².